The second-order valence-electron chi connectivity index (χ2n) is 3.99. The zero-order valence-electron chi connectivity index (χ0n) is 8.94. The topological polar surface area (TPSA) is 32.3 Å². The first-order chi connectivity index (χ1) is 7.31. The third-order valence-corrected chi connectivity index (χ3v) is 4.16. The highest BCUT2D eigenvalue weighted by molar-refractivity contribution is 7.99. The van der Waals surface area contributed by atoms with Gasteiger partial charge in [0.15, 0.2) is 0 Å². The standard InChI is InChI=1S/C12H17NOS/c1-13-12(10-5-6-15-8-10)9-3-2-4-11(14)7-9/h2-4,7,10,12-14H,5-6,8H2,1H3. The van der Waals surface area contributed by atoms with Crippen molar-refractivity contribution in [1.29, 1.82) is 0 Å². The van der Waals surface area contributed by atoms with E-state index >= 15 is 0 Å². The zero-order chi connectivity index (χ0) is 10.7. The van der Waals surface area contributed by atoms with Crippen molar-refractivity contribution in [3.8, 4) is 5.75 Å². The maximum absolute atomic E-state index is 9.47. The Bertz CT molecular complexity index is 323. The first-order valence-corrected chi connectivity index (χ1v) is 6.50. The lowest BCUT2D eigenvalue weighted by Crippen LogP contribution is -2.25. The Balaban J connectivity index is 2.18. The number of thioether (sulfide) groups is 1. The molecule has 0 saturated carbocycles. The van der Waals surface area contributed by atoms with E-state index in [0.29, 0.717) is 17.7 Å². The summed E-state index contributed by atoms with van der Waals surface area (Å²) in [4.78, 5) is 0. The molecule has 0 bridgehead atoms. The molecular weight excluding hydrogens is 206 g/mol. The van der Waals surface area contributed by atoms with Crippen LogP contribution in [0.15, 0.2) is 24.3 Å². The largest absolute Gasteiger partial charge is 0.508 e. The van der Waals surface area contributed by atoms with Gasteiger partial charge in [0, 0.05) is 6.04 Å². The summed E-state index contributed by atoms with van der Waals surface area (Å²) in [6, 6.07) is 7.97. The lowest BCUT2D eigenvalue weighted by molar-refractivity contribution is 0.416. The summed E-state index contributed by atoms with van der Waals surface area (Å²) in [5, 5.41) is 12.8. The fourth-order valence-corrected chi connectivity index (χ4v) is 3.51. The Morgan fingerprint density at radius 1 is 1.53 bits per heavy atom. The average Bonchev–Trinajstić information content (AvgIpc) is 2.72. The third-order valence-electron chi connectivity index (χ3n) is 2.98. The van der Waals surface area contributed by atoms with E-state index in [2.05, 4.69) is 11.4 Å². The van der Waals surface area contributed by atoms with E-state index < -0.39 is 0 Å². The van der Waals surface area contributed by atoms with Crippen LogP contribution >= 0.6 is 11.8 Å². The van der Waals surface area contributed by atoms with Crippen molar-refractivity contribution in [3.05, 3.63) is 29.8 Å². The van der Waals surface area contributed by atoms with Gasteiger partial charge in [-0.3, -0.25) is 0 Å². The lowest BCUT2D eigenvalue weighted by Gasteiger charge is -2.22. The number of phenolic OH excluding ortho intramolecular Hbond substituents is 1. The number of aromatic hydroxyl groups is 1. The van der Waals surface area contributed by atoms with E-state index in [-0.39, 0.29) is 0 Å². The number of hydrogen-bond donors (Lipinski definition) is 2. The average molecular weight is 223 g/mol. The first kappa shape index (κ1) is 10.8. The van der Waals surface area contributed by atoms with E-state index in [0.717, 1.165) is 0 Å². The van der Waals surface area contributed by atoms with E-state index in [9.17, 15) is 5.11 Å². The summed E-state index contributed by atoms with van der Waals surface area (Å²) in [7, 11) is 2.00. The first-order valence-electron chi connectivity index (χ1n) is 5.35. The minimum Gasteiger partial charge on any atom is -0.508 e. The summed E-state index contributed by atoms with van der Waals surface area (Å²) < 4.78 is 0. The molecule has 1 saturated heterocycles. The molecule has 15 heavy (non-hydrogen) atoms. The molecule has 2 unspecified atom stereocenters. The van der Waals surface area contributed by atoms with Crippen LogP contribution in [0.25, 0.3) is 0 Å². The van der Waals surface area contributed by atoms with Gasteiger partial charge in [-0.15, -0.1) is 0 Å². The summed E-state index contributed by atoms with van der Waals surface area (Å²) in [5.74, 6) is 3.54. The molecule has 1 aromatic carbocycles. The molecule has 0 amide bonds. The van der Waals surface area contributed by atoms with Crippen molar-refractivity contribution in [2.75, 3.05) is 18.6 Å². The van der Waals surface area contributed by atoms with Gasteiger partial charge in [0.1, 0.15) is 5.75 Å². The Morgan fingerprint density at radius 2 is 2.40 bits per heavy atom. The van der Waals surface area contributed by atoms with E-state index in [4.69, 9.17) is 0 Å². The van der Waals surface area contributed by atoms with Crippen LogP contribution in [0.1, 0.15) is 18.0 Å². The second kappa shape index (κ2) is 4.90. The fourth-order valence-electron chi connectivity index (χ4n) is 2.21. The van der Waals surface area contributed by atoms with Crippen LogP contribution in [0.5, 0.6) is 5.75 Å². The van der Waals surface area contributed by atoms with Gasteiger partial charge in [-0.2, -0.15) is 11.8 Å². The number of hydrogen-bond acceptors (Lipinski definition) is 3. The van der Waals surface area contributed by atoms with Gasteiger partial charge in [0.25, 0.3) is 0 Å². The molecule has 2 N–H and O–H groups in total. The molecular formula is C12H17NOS. The Hall–Kier alpha value is -0.670. The van der Waals surface area contributed by atoms with Crippen molar-refractivity contribution in [2.24, 2.45) is 5.92 Å². The van der Waals surface area contributed by atoms with Crippen LogP contribution in [0.3, 0.4) is 0 Å². The predicted molar refractivity (Wildman–Crippen MR) is 65.3 cm³/mol. The van der Waals surface area contributed by atoms with Crippen LogP contribution in [0.4, 0.5) is 0 Å². The molecule has 2 rings (SSSR count). The van der Waals surface area contributed by atoms with Gasteiger partial charge in [0.05, 0.1) is 0 Å². The van der Waals surface area contributed by atoms with Crippen LogP contribution in [0, 0.1) is 5.92 Å². The van der Waals surface area contributed by atoms with Gasteiger partial charge in [-0.1, -0.05) is 12.1 Å². The van der Waals surface area contributed by atoms with Crippen molar-refractivity contribution < 1.29 is 5.11 Å². The van der Waals surface area contributed by atoms with E-state index in [1.54, 1.807) is 6.07 Å². The third kappa shape index (κ3) is 2.47. The van der Waals surface area contributed by atoms with E-state index in [1.165, 1.54) is 23.5 Å². The monoisotopic (exact) mass is 223 g/mol. The Labute approximate surface area is 95.1 Å². The minimum atomic E-state index is 0.360. The number of benzene rings is 1. The van der Waals surface area contributed by atoms with Crippen LogP contribution in [-0.4, -0.2) is 23.7 Å². The molecule has 0 spiro atoms. The van der Waals surface area contributed by atoms with Crippen LogP contribution < -0.4 is 5.32 Å². The van der Waals surface area contributed by atoms with Crippen LogP contribution in [0.2, 0.25) is 0 Å². The Kier molecular flexibility index (Phi) is 3.54. The second-order valence-corrected chi connectivity index (χ2v) is 5.13. The van der Waals surface area contributed by atoms with Crippen molar-refractivity contribution in [1.82, 2.24) is 5.32 Å². The van der Waals surface area contributed by atoms with Gasteiger partial charge in [-0.25, -0.2) is 0 Å². The summed E-state index contributed by atoms with van der Waals surface area (Å²) >= 11 is 2.02. The number of nitrogens with one attached hydrogen (secondary N) is 1. The number of rotatable bonds is 3. The smallest absolute Gasteiger partial charge is 0.115 e. The molecule has 0 radical (unpaired) electrons. The molecule has 82 valence electrons. The normalized spacial score (nSPS) is 22.9. The molecule has 1 fully saturated rings. The molecule has 0 aromatic heterocycles. The maximum Gasteiger partial charge on any atom is 0.115 e. The molecule has 2 atom stereocenters. The van der Waals surface area contributed by atoms with Gasteiger partial charge in [-0.05, 0) is 48.6 Å². The van der Waals surface area contributed by atoms with Crippen molar-refractivity contribution in [2.45, 2.75) is 12.5 Å². The summed E-state index contributed by atoms with van der Waals surface area (Å²) in [5.41, 5.74) is 1.20. The van der Waals surface area contributed by atoms with Gasteiger partial charge < -0.3 is 10.4 Å². The van der Waals surface area contributed by atoms with E-state index in [1.807, 2.05) is 30.9 Å². The molecule has 0 aliphatic carbocycles. The Morgan fingerprint density at radius 3 is 3.00 bits per heavy atom. The van der Waals surface area contributed by atoms with Gasteiger partial charge in [0.2, 0.25) is 0 Å². The van der Waals surface area contributed by atoms with Crippen molar-refractivity contribution >= 4 is 11.8 Å². The highest BCUT2D eigenvalue weighted by atomic mass is 32.2. The highest BCUT2D eigenvalue weighted by Crippen LogP contribution is 2.34. The summed E-state index contributed by atoms with van der Waals surface area (Å²) in [6.45, 7) is 0. The zero-order valence-corrected chi connectivity index (χ0v) is 9.76. The quantitative estimate of drug-likeness (QED) is 0.825. The van der Waals surface area contributed by atoms with Gasteiger partial charge >= 0.3 is 0 Å². The minimum absolute atomic E-state index is 0.360. The van der Waals surface area contributed by atoms with Crippen molar-refractivity contribution in [3.63, 3.8) is 0 Å². The molecule has 1 aromatic rings. The molecule has 2 nitrogen and oxygen atoms in total. The summed E-state index contributed by atoms with van der Waals surface area (Å²) in [6.07, 6.45) is 1.27. The van der Waals surface area contributed by atoms with Crippen LogP contribution in [-0.2, 0) is 0 Å². The lowest BCUT2D eigenvalue weighted by atomic mass is 9.92. The predicted octanol–water partition coefficient (Wildman–Crippen LogP) is 2.41. The number of phenols is 1. The molecule has 1 heterocycles. The highest BCUT2D eigenvalue weighted by Gasteiger charge is 2.25. The fraction of sp³-hybridized carbons (Fsp3) is 0.500. The molecule has 1 aliphatic heterocycles. The SMILES string of the molecule is CNC(c1cccc(O)c1)C1CCSC1. The maximum atomic E-state index is 9.47. The molecule has 3 heteroatoms. The molecule has 1 aliphatic rings.